The van der Waals surface area contributed by atoms with Crippen LogP contribution in [0.25, 0.3) is 0 Å². The van der Waals surface area contributed by atoms with E-state index in [9.17, 15) is 14.7 Å². The summed E-state index contributed by atoms with van der Waals surface area (Å²) >= 11 is 0. The molecule has 0 saturated heterocycles. The number of hydrogen-bond acceptors (Lipinski definition) is 4. The molecule has 0 spiro atoms. The largest absolute Gasteiger partial charge is 0.507 e. The van der Waals surface area contributed by atoms with Crippen LogP contribution in [-0.2, 0) is 9.53 Å². The number of phenolic OH excluding ortho intramolecular Hbond substituents is 1. The molecule has 0 saturated carbocycles. The van der Waals surface area contributed by atoms with E-state index in [1.165, 1.54) is 19.1 Å². The Morgan fingerprint density at radius 1 is 1.15 bits per heavy atom. The maximum absolute atomic E-state index is 12.4. The molecule has 2 aromatic carbocycles. The van der Waals surface area contributed by atoms with Crippen LogP contribution in [0.15, 0.2) is 42.5 Å². The van der Waals surface area contributed by atoms with Gasteiger partial charge in [0.25, 0.3) is 5.91 Å². The fourth-order valence-electron chi connectivity index (χ4n) is 2.59. The van der Waals surface area contributed by atoms with Crippen molar-refractivity contribution in [3.8, 4) is 5.75 Å². The molecule has 0 radical (unpaired) electrons. The van der Waals surface area contributed by atoms with Gasteiger partial charge in [0.05, 0.1) is 0 Å². The van der Waals surface area contributed by atoms with Gasteiger partial charge in [-0.25, -0.2) is 4.79 Å². The highest BCUT2D eigenvalue weighted by atomic mass is 16.5. The van der Waals surface area contributed by atoms with Crippen LogP contribution < -0.4 is 5.32 Å². The SMILES string of the molecule is CC[C@@H](C)c1ccccc1NC(=O)[C@H](C)OC(=O)c1cc(C)ccc1O. The molecule has 5 heteroatoms. The van der Waals surface area contributed by atoms with Gasteiger partial charge in [0, 0.05) is 5.69 Å². The average molecular weight is 355 g/mol. The lowest BCUT2D eigenvalue weighted by Crippen LogP contribution is -2.30. The first-order valence-electron chi connectivity index (χ1n) is 8.73. The smallest absolute Gasteiger partial charge is 0.342 e. The van der Waals surface area contributed by atoms with Gasteiger partial charge in [-0.05, 0) is 49.9 Å². The number of para-hydroxylation sites is 1. The van der Waals surface area contributed by atoms with Crippen LogP contribution >= 0.6 is 0 Å². The van der Waals surface area contributed by atoms with E-state index in [-0.39, 0.29) is 11.3 Å². The summed E-state index contributed by atoms with van der Waals surface area (Å²) in [6.07, 6.45) is -0.0447. The van der Waals surface area contributed by atoms with Gasteiger partial charge in [0.1, 0.15) is 11.3 Å². The molecule has 0 fully saturated rings. The maximum Gasteiger partial charge on any atom is 0.342 e. The highest BCUT2D eigenvalue weighted by Gasteiger charge is 2.22. The van der Waals surface area contributed by atoms with E-state index < -0.39 is 18.0 Å². The lowest BCUT2D eigenvalue weighted by atomic mass is 9.97. The van der Waals surface area contributed by atoms with Crippen LogP contribution in [0.1, 0.15) is 54.6 Å². The number of nitrogens with one attached hydrogen (secondary N) is 1. The van der Waals surface area contributed by atoms with E-state index in [0.29, 0.717) is 11.6 Å². The molecule has 1 amide bonds. The predicted molar refractivity (Wildman–Crippen MR) is 101 cm³/mol. The molecule has 0 aliphatic rings. The highest BCUT2D eigenvalue weighted by molar-refractivity contribution is 5.98. The lowest BCUT2D eigenvalue weighted by molar-refractivity contribution is -0.123. The highest BCUT2D eigenvalue weighted by Crippen LogP contribution is 2.27. The summed E-state index contributed by atoms with van der Waals surface area (Å²) in [6, 6.07) is 12.2. The van der Waals surface area contributed by atoms with Gasteiger partial charge in [0.2, 0.25) is 0 Å². The van der Waals surface area contributed by atoms with Gasteiger partial charge >= 0.3 is 5.97 Å². The summed E-state index contributed by atoms with van der Waals surface area (Å²) < 4.78 is 5.22. The molecule has 5 nitrogen and oxygen atoms in total. The molecule has 0 heterocycles. The Labute approximate surface area is 154 Å². The molecule has 0 bridgehead atoms. The van der Waals surface area contributed by atoms with Crippen molar-refractivity contribution in [3.63, 3.8) is 0 Å². The second-order valence-corrected chi connectivity index (χ2v) is 6.45. The van der Waals surface area contributed by atoms with Crippen molar-refractivity contribution in [2.45, 2.75) is 46.1 Å². The number of carbonyl (C=O) groups is 2. The minimum Gasteiger partial charge on any atom is -0.507 e. The van der Waals surface area contributed by atoms with Crippen molar-refractivity contribution in [2.24, 2.45) is 0 Å². The summed E-state index contributed by atoms with van der Waals surface area (Å²) in [5.41, 5.74) is 2.62. The van der Waals surface area contributed by atoms with Crippen LogP contribution in [0.5, 0.6) is 5.75 Å². The topological polar surface area (TPSA) is 75.6 Å². The van der Waals surface area contributed by atoms with Crippen molar-refractivity contribution in [3.05, 3.63) is 59.2 Å². The number of aryl methyl sites for hydroxylation is 1. The zero-order valence-corrected chi connectivity index (χ0v) is 15.6. The van der Waals surface area contributed by atoms with Crippen molar-refractivity contribution in [2.75, 3.05) is 5.32 Å². The number of benzene rings is 2. The fourth-order valence-corrected chi connectivity index (χ4v) is 2.59. The van der Waals surface area contributed by atoms with Crippen molar-refractivity contribution in [1.29, 1.82) is 0 Å². The maximum atomic E-state index is 12.4. The number of rotatable bonds is 6. The Kier molecular flexibility index (Phi) is 6.39. The van der Waals surface area contributed by atoms with E-state index in [4.69, 9.17) is 4.74 Å². The third-order valence-corrected chi connectivity index (χ3v) is 4.39. The number of esters is 1. The van der Waals surface area contributed by atoms with E-state index in [1.54, 1.807) is 13.0 Å². The van der Waals surface area contributed by atoms with E-state index in [0.717, 1.165) is 17.5 Å². The summed E-state index contributed by atoms with van der Waals surface area (Å²) in [5, 5.41) is 12.6. The molecular weight excluding hydrogens is 330 g/mol. The minimum absolute atomic E-state index is 0.0460. The molecule has 2 atom stereocenters. The Balaban J connectivity index is 2.09. The fraction of sp³-hybridized carbons (Fsp3) is 0.333. The zero-order valence-electron chi connectivity index (χ0n) is 15.6. The first-order chi connectivity index (χ1) is 12.3. The Bertz CT molecular complexity index is 800. The van der Waals surface area contributed by atoms with Gasteiger partial charge < -0.3 is 15.2 Å². The monoisotopic (exact) mass is 355 g/mol. The standard InChI is InChI=1S/C21H25NO4/c1-5-14(3)16-8-6-7-9-18(16)22-20(24)15(4)26-21(25)17-12-13(2)10-11-19(17)23/h6-12,14-15,23H,5H2,1-4H3,(H,22,24)/t14-,15+/m1/s1. The van der Waals surface area contributed by atoms with Gasteiger partial charge in [-0.15, -0.1) is 0 Å². The molecule has 2 rings (SSSR count). The van der Waals surface area contributed by atoms with Gasteiger partial charge in [0.15, 0.2) is 6.10 Å². The van der Waals surface area contributed by atoms with Crippen molar-refractivity contribution >= 4 is 17.6 Å². The van der Waals surface area contributed by atoms with E-state index >= 15 is 0 Å². The summed E-state index contributed by atoms with van der Waals surface area (Å²) in [5.74, 6) is -1.02. The average Bonchev–Trinajstić information content (AvgIpc) is 2.63. The van der Waals surface area contributed by atoms with Crippen LogP contribution in [0, 0.1) is 6.92 Å². The summed E-state index contributed by atoms with van der Waals surface area (Å²) in [4.78, 5) is 24.7. The molecule has 0 aromatic heterocycles. The number of ether oxygens (including phenoxy) is 1. The van der Waals surface area contributed by atoms with Crippen LogP contribution in [0.4, 0.5) is 5.69 Å². The predicted octanol–water partition coefficient (Wildman–Crippen LogP) is 4.40. The third kappa shape index (κ3) is 4.63. The third-order valence-electron chi connectivity index (χ3n) is 4.39. The molecule has 2 aromatic rings. The number of hydrogen-bond donors (Lipinski definition) is 2. The molecule has 0 aliphatic heterocycles. The normalized spacial score (nSPS) is 12.9. The number of amides is 1. The summed E-state index contributed by atoms with van der Waals surface area (Å²) in [6.45, 7) is 7.49. The second kappa shape index (κ2) is 8.52. The van der Waals surface area contributed by atoms with Crippen LogP contribution in [0.2, 0.25) is 0 Å². The van der Waals surface area contributed by atoms with Gasteiger partial charge in [-0.1, -0.05) is 43.7 Å². The Hall–Kier alpha value is -2.82. The minimum atomic E-state index is -0.993. The summed E-state index contributed by atoms with van der Waals surface area (Å²) in [7, 11) is 0. The molecule has 0 aliphatic carbocycles. The van der Waals surface area contributed by atoms with Crippen molar-refractivity contribution in [1.82, 2.24) is 0 Å². The number of phenols is 1. The van der Waals surface area contributed by atoms with E-state index in [2.05, 4.69) is 19.2 Å². The van der Waals surface area contributed by atoms with Crippen molar-refractivity contribution < 1.29 is 19.4 Å². The second-order valence-electron chi connectivity index (χ2n) is 6.45. The molecule has 2 N–H and O–H groups in total. The van der Waals surface area contributed by atoms with Crippen LogP contribution in [-0.4, -0.2) is 23.1 Å². The first kappa shape index (κ1) is 19.5. The van der Waals surface area contributed by atoms with Crippen LogP contribution in [0.3, 0.4) is 0 Å². The molecule has 0 unspecified atom stereocenters. The van der Waals surface area contributed by atoms with Gasteiger partial charge in [-0.2, -0.15) is 0 Å². The van der Waals surface area contributed by atoms with Gasteiger partial charge in [-0.3, -0.25) is 4.79 Å². The number of aromatic hydroxyl groups is 1. The Morgan fingerprint density at radius 3 is 2.54 bits per heavy atom. The molecule has 138 valence electrons. The first-order valence-corrected chi connectivity index (χ1v) is 8.73. The molecular formula is C21H25NO4. The quantitative estimate of drug-likeness (QED) is 0.753. The number of carbonyl (C=O) groups excluding carboxylic acids is 2. The molecule has 26 heavy (non-hydrogen) atoms. The Morgan fingerprint density at radius 2 is 1.85 bits per heavy atom. The van der Waals surface area contributed by atoms with E-state index in [1.807, 2.05) is 24.3 Å². The lowest BCUT2D eigenvalue weighted by Gasteiger charge is -2.18. The number of anilines is 1. The zero-order chi connectivity index (χ0) is 19.3.